The van der Waals surface area contributed by atoms with Crippen molar-refractivity contribution in [1.82, 2.24) is 5.32 Å². The van der Waals surface area contributed by atoms with Crippen LogP contribution in [-0.2, 0) is 6.42 Å². The quantitative estimate of drug-likeness (QED) is 0.639. The van der Waals surface area contributed by atoms with Crippen molar-refractivity contribution >= 4 is 5.91 Å². The number of aliphatic hydroxyl groups is 2. The second kappa shape index (κ2) is 5.53. The number of aliphatic hydroxyl groups excluding tert-OH is 2. The second-order valence-electron chi connectivity index (χ2n) is 3.16. The number of furan rings is 1. The van der Waals surface area contributed by atoms with E-state index in [1.54, 1.807) is 12.1 Å². The van der Waals surface area contributed by atoms with Gasteiger partial charge in [0.25, 0.3) is 5.91 Å². The highest BCUT2D eigenvalue weighted by Crippen LogP contribution is 2.08. The number of hydrogen-bond acceptors (Lipinski definition) is 4. The van der Waals surface area contributed by atoms with Gasteiger partial charge >= 0.3 is 0 Å². The fourth-order valence-corrected chi connectivity index (χ4v) is 1.10. The summed E-state index contributed by atoms with van der Waals surface area (Å²) in [7, 11) is 0. The minimum Gasteiger partial charge on any atom is -0.456 e. The summed E-state index contributed by atoms with van der Waals surface area (Å²) in [5, 5.41) is 20.0. The Labute approximate surface area is 87.7 Å². The van der Waals surface area contributed by atoms with Crippen LogP contribution in [0.1, 0.15) is 23.2 Å². The van der Waals surface area contributed by atoms with E-state index < -0.39 is 11.9 Å². The van der Waals surface area contributed by atoms with E-state index in [2.05, 4.69) is 5.32 Å². The van der Waals surface area contributed by atoms with Gasteiger partial charge in [0.2, 0.25) is 0 Å². The molecule has 0 atom stereocenters. The molecule has 5 nitrogen and oxygen atoms in total. The Hall–Kier alpha value is -1.33. The SMILES string of the molecule is CCc1ccc(C(=O)NC(CO)CO)o1. The van der Waals surface area contributed by atoms with Gasteiger partial charge in [0.15, 0.2) is 5.76 Å². The molecule has 84 valence electrons. The fourth-order valence-electron chi connectivity index (χ4n) is 1.10. The third-order valence-electron chi connectivity index (χ3n) is 2.01. The molecule has 1 aromatic heterocycles. The third kappa shape index (κ3) is 3.07. The van der Waals surface area contributed by atoms with Gasteiger partial charge in [-0.1, -0.05) is 6.92 Å². The normalized spacial score (nSPS) is 10.7. The highest BCUT2D eigenvalue weighted by molar-refractivity contribution is 5.91. The Kier molecular flexibility index (Phi) is 4.33. The molecule has 0 spiro atoms. The first-order chi connectivity index (χ1) is 7.21. The largest absolute Gasteiger partial charge is 0.456 e. The monoisotopic (exact) mass is 213 g/mol. The number of hydrogen-bond donors (Lipinski definition) is 3. The molecule has 1 rings (SSSR count). The lowest BCUT2D eigenvalue weighted by molar-refractivity contribution is 0.0850. The lowest BCUT2D eigenvalue weighted by atomic mass is 10.3. The highest BCUT2D eigenvalue weighted by Gasteiger charge is 2.14. The minimum absolute atomic E-state index is 0.193. The summed E-state index contributed by atoms with van der Waals surface area (Å²) in [4.78, 5) is 11.5. The predicted octanol–water partition coefficient (Wildman–Crippen LogP) is -0.0750. The smallest absolute Gasteiger partial charge is 0.287 e. The highest BCUT2D eigenvalue weighted by atomic mass is 16.4. The number of aryl methyl sites for hydroxylation is 1. The summed E-state index contributed by atoms with van der Waals surface area (Å²) in [6.45, 7) is 1.32. The molecule has 3 N–H and O–H groups in total. The van der Waals surface area contributed by atoms with Crippen LogP contribution < -0.4 is 5.32 Å². The van der Waals surface area contributed by atoms with E-state index in [1.807, 2.05) is 6.92 Å². The molecule has 0 saturated heterocycles. The average Bonchev–Trinajstić information content (AvgIpc) is 2.74. The number of amides is 1. The van der Waals surface area contributed by atoms with Gasteiger partial charge in [0.1, 0.15) is 5.76 Å². The molecule has 0 unspecified atom stereocenters. The molecule has 5 heteroatoms. The topological polar surface area (TPSA) is 82.7 Å². The van der Waals surface area contributed by atoms with Crippen molar-refractivity contribution in [1.29, 1.82) is 0 Å². The molecule has 0 aliphatic carbocycles. The van der Waals surface area contributed by atoms with Crippen LogP contribution in [0.25, 0.3) is 0 Å². The number of rotatable bonds is 5. The molecule has 1 amide bonds. The van der Waals surface area contributed by atoms with Crippen molar-refractivity contribution in [2.75, 3.05) is 13.2 Å². The maximum absolute atomic E-state index is 11.5. The molecular weight excluding hydrogens is 198 g/mol. The van der Waals surface area contributed by atoms with E-state index in [-0.39, 0.29) is 19.0 Å². The lowest BCUT2D eigenvalue weighted by Gasteiger charge is -2.11. The standard InChI is InChI=1S/C10H15NO4/c1-2-8-3-4-9(15-8)10(14)11-7(5-12)6-13/h3-4,7,12-13H,2,5-6H2,1H3,(H,11,14). The molecule has 1 aromatic rings. The second-order valence-corrected chi connectivity index (χ2v) is 3.16. The van der Waals surface area contributed by atoms with Crippen LogP contribution in [0.2, 0.25) is 0 Å². The van der Waals surface area contributed by atoms with E-state index in [1.165, 1.54) is 0 Å². The Morgan fingerprint density at radius 2 is 2.13 bits per heavy atom. The van der Waals surface area contributed by atoms with Crippen molar-refractivity contribution < 1.29 is 19.4 Å². The van der Waals surface area contributed by atoms with E-state index >= 15 is 0 Å². The maximum Gasteiger partial charge on any atom is 0.287 e. The van der Waals surface area contributed by atoms with Crippen LogP contribution in [0.15, 0.2) is 16.5 Å². The Morgan fingerprint density at radius 3 is 2.60 bits per heavy atom. The molecule has 0 saturated carbocycles. The molecule has 0 bridgehead atoms. The van der Waals surface area contributed by atoms with Crippen molar-refractivity contribution in [3.05, 3.63) is 23.7 Å². The Bertz CT molecular complexity index is 317. The van der Waals surface area contributed by atoms with Crippen LogP contribution in [0.3, 0.4) is 0 Å². The molecule has 15 heavy (non-hydrogen) atoms. The Balaban J connectivity index is 2.60. The summed E-state index contributed by atoms with van der Waals surface area (Å²) in [6, 6.07) is 2.65. The zero-order valence-corrected chi connectivity index (χ0v) is 8.56. The predicted molar refractivity (Wildman–Crippen MR) is 53.5 cm³/mol. The van der Waals surface area contributed by atoms with Gasteiger partial charge in [-0.15, -0.1) is 0 Å². The zero-order chi connectivity index (χ0) is 11.3. The van der Waals surface area contributed by atoms with E-state index in [0.29, 0.717) is 0 Å². The van der Waals surface area contributed by atoms with Crippen LogP contribution in [0.5, 0.6) is 0 Å². The number of nitrogens with one attached hydrogen (secondary N) is 1. The number of carbonyl (C=O) groups excluding carboxylic acids is 1. The van der Waals surface area contributed by atoms with E-state index in [0.717, 1.165) is 12.2 Å². The van der Waals surface area contributed by atoms with Gasteiger partial charge in [-0.3, -0.25) is 4.79 Å². The first kappa shape index (κ1) is 11.7. The molecule has 0 aliphatic heterocycles. The van der Waals surface area contributed by atoms with Gasteiger partial charge < -0.3 is 19.9 Å². The summed E-state index contributed by atoms with van der Waals surface area (Å²) in [5.41, 5.74) is 0. The fraction of sp³-hybridized carbons (Fsp3) is 0.500. The average molecular weight is 213 g/mol. The molecule has 0 radical (unpaired) electrons. The van der Waals surface area contributed by atoms with E-state index in [4.69, 9.17) is 14.6 Å². The van der Waals surface area contributed by atoms with Gasteiger partial charge in [-0.05, 0) is 12.1 Å². The molecule has 0 aliphatic rings. The lowest BCUT2D eigenvalue weighted by Crippen LogP contribution is -2.39. The Morgan fingerprint density at radius 1 is 1.47 bits per heavy atom. The van der Waals surface area contributed by atoms with Crippen molar-refractivity contribution in [3.8, 4) is 0 Å². The van der Waals surface area contributed by atoms with E-state index in [9.17, 15) is 4.79 Å². The van der Waals surface area contributed by atoms with Crippen LogP contribution >= 0.6 is 0 Å². The van der Waals surface area contributed by atoms with Crippen molar-refractivity contribution in [3.63, 3.8) is 0 Å². The van der Waals surface area contributed by atoms with Crippen molar-refractivity contribution in [2.45, 2.75) is 19.4 Å². The van der Waals surface area contributed by atoms with Gasteiger partial charge in [-0.2, -0.15) is 0 Å². The third-order valence-corrected chi connectivity index (χ3v) is 2.01. The van der Waals surface area contributed by atoms with Gasteiger partial charge in [0.05, 0.1) is 19.3 Å². The van der Waals surface area contributed by atoms with Crippen LogP contribution in [-0.4, -0.2) is 35.4 Å². The first-order valence-electron chi connectivity index (χ1n) is 4.82. The molecular formula is C10H15NO4. The number of carbonyl (C=O) groups is 1. The summed E-state index contributed by atoms with van der Waals surface area (Å²) >= 11 is 0. The van der Waals surface area contributed by atoms with Crippen LogP contribution in [0, 0.1) is 0 Å². The minimum atomic E-state index is -0.646. The van der Waals surface area contributed by atoms with Gasteiger partial charge in [-0.25, -0.2) is 0 Å². The zero-order valence-electron chi connectivity index (χ0n) is 8.56. The summed E-state index contributed by atoms with van der Waals surface area (Å²) in [5.74, 6) is 0.492. The van der Waals surface area contributed by atoms with Crippen LogP contribution in [0.4, 0.5) is 0 Å². The van der Waals surface area contributed by atoms with Crippen molar-refractivity contribution in [2.24, 2.45) is 0 Å². The summed E-state index contributed by atoms with van der Waals surface area (Å²) in [6.07, 6.45) is 0.719. The molecule has 1 heterocycles. The first-order valence-corrected chi connectivity index (χ1v) is 4.82. The molecule has 0 aromatic carbocycles. The summed E-state index contributed by atoms with van der Waals surface area (Å²) < 4.78 is 5.21. The maximum atomic E-state index is 11.5. The molecule has 0 fully saturated rings. The van der Waals surface area contributed by atoms with Gasteiger partial charge in [0, 0.05) is 6.42 Å².